The van der Waals surface area contributed by atoms with Crippen molar-refractivity contribution in [2.24, 2.45) is 0 Å². The topological polar surface area (TPSA) is 49.0 Å². The monoisotopic (exact) mass is 209 g/mol. The number of amides is 1. The number of aromatic amines is 1. The van der Waals surface area contributed by atoms with Gasteiger partial charge in [0.05, 0.1) is 24.5 Å². The standard InChI is InChI=1S/C9H13N3O.C2H6/c1-3-9-10-7-4-12(6(2)13)5-8(7)11-9;1-2/h3-5H2,1-2H3,(H,10,11);1-2H3. The molecule has 1 aliphatic rings. The number of aromatic nitrogens is 2. The number of fused-ring (bicyclic) bond motifs is 1. The Morgan fingerprint density at radius 2 is 2.13 bits per heavy atom. The van der Waals surface area contributed by atoms with Crippen LogP contribution in [0.4, 0.5) is 0 Å². The second-order valence-corrected chi connectivity index (χ2v) is 3.34. The van der Waals surface area contributed by atoms with Crippen LogP contribution in [0.5, 0.6) is 0 Å². The fourth-order valence-corrected chi connectivity index (χ4v) is 1.58. The summed E-state index contributed by atoms with van der Waals surface area (Å²) in [7, 11) is 0. The Morgan fingerprint density at radius 3 is 2.60 bits per heavy atom. The molecule has 0 atom stereocenters. The molecule has 4 nitrogen and oxygen atoms in total. The Kier molecular flexibility index (Phi) is 3.88. The summed E-state index contributed by atoms with van der Waals surface area (Å²) in [5, 5.41) is 0. The number of H-pyrrole nitrogens is 1. The second kappa shape index (κ2) is 4.96. The first kappa shape index (κ1) is 11.8. The van der Waals surface area contributed by atoms with E-state index >= 15 is 0 Å². The minimum atomic E-state index is 0.115. The van der Waals surface area contributed by atoms with Gasteiger partial charge in [0.15, 0.2) is 0 Å². The molecule has 0 aliphatic carbocycles. The van der Waals surface area contributed by atoms with Crippen molar-refractivity contribution in [3.8, 4) is 0 Å². The van der Waals surface area contributed by atoms with Crippen molar-refractivity contribution in [2.45, 2.75) is 47.2 Å². The lowest BCUT2D eigenvalue weighted by Gasteiger charge is -2.11. The van der Waals surface area contributed by atoms with Crippen LogP contribution in [-0.2, 0) is 24.3 Å². The van der Waals surface area contributed by atoms with Gasteiger partial charge in [-0.3, -0.25) is 4.79 Å². The smallest absolute Gasteiger partial charge is 0.220 e. The Morgan fingerprint density at radius 1 is 1.47 bits per heavy atom. The minimum absolute atomic E-state index is 0.115. The van der Waals surface area contributed by atoms with Gasteiger partial charge in [0.1, 0.15) is 5.82 Å². The van der Waals surface area contributed by atoms with E-state index in [0.29, 0.717) is 13.1 Å². The van der Waals surface area contributed by atoms with Crippen LogP contribution in [0.2, 0.25) is 0 Å². The SMILES string of the molecule is CC.CCc1nc2c([nH]1)CN(C(C)=O)C2. The highest BCUT2D eigenvalue weighted by Crippen LogP contribution is 2.20. The first-order valence-electron chi connectivity index (χ1n) is 5.53. The van der Waals surface area contributed by atoms with Gasteiger partial charge in [0.25, 0.3) is 0 Å². The van der Waals surface area contributed by atoms with E-state index in [-0.39, 0.29) is 5.91 Å². The van der Waals surface area contributed by atoms with Crippen LogP contribution >= 0.6 is 0 Å². The number of aryl methyl sites for hydroxylation is 1. The Hall–Kier alpha value is -1.32. The molecule has 1 aromatic heterocycles. The van der Waals surface area contributed by atoms with E-state index in [1.807, 2.05) is 13.8 Å². The zero-order valence-corrected chi connectivity index (χ0v) is 9.92. The molecule has 0 radical (unpaired) electrons. The molecule has 0 spiro atoms. The molecule has 0 saturated carbocycles. The third-order valence-electron chi connectivity index (χ3n) is 2.38. The van der Waals surface area contributed by atoms with Gasteiger partial charge in [-0.05, 0) is 0 Å². The maximum atomic E-state index is 11.1. The van der Waals surface area contributed by atoms with E-state index in [1.165, 1.54) is 0 Å². The van der Waals surface area contributed by atoms with Gasteiger partial charge >= 0.3 is 0 Å². The van der Waals surface area contributed by atoms with Gasteiger partial charge in [-0.15, -0.1) is 0 Å². The van der Waals surface area contributed by atoms with E-state index in [4.69, 9.17) is 0 Å². The molecule has 15 heavy (non-hydrogen) atoms. The molecule has 0 bridgehead atoms. The lowest BCUT2D eigenvalue weighted by molar-refractivity contribution is -0.129. The third-order valence-corrected chi connectivity index (χ3v) is 2.38. The molecule has 1 N–H and O–H groups in total. The van der Waals surface area contributed by atoms with Gasteiger partial charge < -0.3 is 9.88 Å². The van der Waals surface area contributed by atoms with E-state index in [0.717, 1.165) is 23.6 Å². The number of carbonyl (C=O) groups is 1. The molecule has 2 heterocycles. The third kappa shape index (κ3) is 2.37. The summed E-state index contributed by atoms with van der Waals surface area (Å²) in [5.74, 6) is 1.14. The van der Waals surface area contributed by atoms with Crippen molar-refractivity contribution in [3.05, 3.63) is 17.2 Å². The van der Waals surface area contributed by atoms with Crippen LogP contribution in [0, 0.1) is 0 Å². The molecular formula is C11H19N3O. The summed E-state index contributed by atoms with van der Waals surface area (Å²) in [6.45, 7) is 9.02. The van der Waals surface area contributed by atoms with Crippen LogP contribution in [0.1, 0.15) is 44.9 Å². The predicted molar refractivity (Wildman–Crippen MR) is 59.2 cm³/mol. The maximum Gasteiger partial charge on any atom is 0.220 e. The van der Waals surface area contributed by atoms with Crippen LogP contribution in [0.15, 0.2) is 0 Å². The molecule has 0 fully saturated rings. The highest BCUT2D eigenvalue weighted by molar-refractivity contribution is 5.73. The van der Waals surface area contributed by atoms with Crippen molar-refractivity contribution in [1.29, 1.82) is 0 Å². The van der Waals surface area contributed by atoms with E-state index in [9.17, 15) is 4.79 Å². The fraction of sp³-hybridized carbons (Fsp3) is 0.636. The highest BCUT2D eigenvalue weighted by Gasteiger charge is 2.23. The van der Waals surface area contributed by atoms with E-state index in [1.54, 1.807) is 11.8 Å². The summed E-state index contributed by atoms with van der Waals surface area (Å²) >= 11 is 0. The largest absolute Gasteiger partial charge is 0.344 e. The maximum absolute atomic E-state index is 11.1. The highest BCUT2D eigenvalue weighted by atomic mass is 16.2. The molecule has 0 saturated heterocycles. The van der Waals surface area contributed by atoms with E-state index < -0.39 is 0 Å². The number of hydrogen-bond acceptors (Lipinski definition) is 2. The normalized spacial score (nSPS) is 13.2. The first-order chi connectivity index (χ1) is 7.20. The summed E-state index contributed by atoms with van der Waals surface area (Å²) in [6, 6.07) is 0. The van der Waals surface area contributed by atoms with Crippen molar-refractivity contribution in [3.63, 3.8) is 0 Å². The molecule has 1 aliphatic heterocycles. The van der Waals surface area contributed by atoms with Gasteiger partial charge in [0, 0.05) is 13.3 Å². The fourth-order valence-electron chi connectivity index (χ4n) is 1.58. The van der Waals surface area contributed by atoms with Crippen molar-refractivity contribution >= 4 is 5.91 Å². The lowest BCUT2D eigenvalue weighted by atomic mass is 10.4. The predicted octanol–water partition coefficient (Wildman–Crippen LogP) is 1.86. The molecular weight excluding hydrogens is 190 g/mol. The molecule has 2 rings (SSSR count). The number of nitrogens with zero attached hydrogens (tertiary/aromatic N) is 2. The molecule has 4 heteroatoms. The van der Waals surface area contributed by atoms with Crippen LogP contribution < -0.4 is 0 Å². The number of rotatable bonds is 1. The summed E-state index contributed by atoms with van der Waals surface area (Å²) in [5.41, 5.74) is 2.14. The lowest BCUT2D eigenvalue weighted by Crippen LogP contribution is -2.22. The summed E-state index contributed by atoms with van der Waals surface area (Å²) in [4.78, 5) is 20.5. The Labute approximate surface area is 90.7 Å². The second-order valence-electron chi connectivity index (χ2n) is 3.34. The molecule has 0 aromatic carbocycles. The zero-order chi connectivity index (χ0) is 11.4. The Balaban J connectivity index is 0.000000531. The molecule has 1 amide bonds. The van der Waals surface area contributed by atoms with Crippen LogP contribution in [0.25, 0.3) is 0 Å². The van der Waals surface area contributed by atoms with Crippen LogP contribution in [-0.4, -0.2) is 20.8 Å². The van der Waals surface area contributed by atoms with E-state index in [2.05, 4.69) is 16.9 Å². The summed E-state index contributed by atoms with van der Waals surface area (Å²) in [6.07, 6.45) is 0.924. The average Bonchev–Trinajstić information content (AvgIpc) is 2.77. The minimum Gasteiger partial charge on any atom is -0.344 e. The molecule has 0 unspecified atom stereocenters. The average molecular weight is 209 g/mol. The molecule has 84 valence electrons. The number of hydrogen-bond donors (Lipinski definition) is 1. The number of imidazole rings is 1. The molecule has 1 aromatic rings. The first-order valence-corrected chi connectivity index (χ1v) is 5.53. The quantitative estimate of drug-likeness (QED) is 0.767. The van der Waals surface area contributed by atoms with Gasteiger partial charge in [-0.2, -0.15) is 0 Å². The zero-order valence-electron chi connectivity index (χ0n) is 9.92. The van der Waals surface area contributed by atoms with Gasteiger partial charge in [-0.25, -0.2) is 4.98 Å². The van der Waals surface area contributed by atoms with Gasteiger partial charge in [0.2, 0.25) is 5.91 Å². The summed E-state index contributed by atoms with van der Waals surface area (Å²) < 4.78 is 0. The van der Waals surface area contributed by atoms with Crippen molar-refractivity contribution in [1.82, 2.24) is 14.9 Å². The van der Waals surface area contributed by atoms with Crippen LogP contribution in [0.3, 0.4) is 0 Å². The number of nitrogens with one attached hydrogen (secondary N) is 1. The van der Waals surface area contributed by atoms with Crippen molar-refractivity contribution in [2.75, 3.05) is 0 Å². The van der Waals surface area contributed by atoms with Crippen molar-refractivity contribution < 1.29 is 4.79 Å². The Bertz CT molecular complexity index is 320. The number of carbonyl (C=O) groups excluding carboxylic acids is 1. The van der Waals surface area contributed by atoms with Gasteiger partial charge in [-0.1, -0.05) is 20.8 Å².